The van der Waals surface area contributed by atoms with Crippen molar-refractivity contribution < 1.29 is 14.3 Å². The molecule has 3 nitrogen and oxygen atoms in total. The van der Waals surface area contributed by atoms with E-state index in [0.29, 0.717) is 5.75 Å². The molecular formula is C10H18O3S2. The third-order valence-electron chi connectivity index (χ3n) is 2.06. The van der Waals surface area contributed by atoms with E-state index in [0.717, 1.165) is 0 Å². The molecule has 0 aromatic rings. The fourth-order valence-electron chi connectivity index (χ4n) is 1.36. The minimum Gasteiger partial charge on any atom is -0.465 e. The Morgan fingerprint density at radius 1 is 1.47 bits per heavy atom. The lowest BCUT2D eigenvalue weighted by Gasteiger charge is -2.30. The Hall–Kier alpha value is -0.160. The molecular weight excluding hydrogens is 232 g/mol. The molecule has 0 heterocycles. The van der Waals surface area contributed by atoms with Gasteiger partial charge in [0, 0.05) is 5.25 Å². The molecule has 0 radical (unpaired) electrons. The Morgan fingerprint density at radius 3 is 2.27 bits per heavy atom. The molecule has 0 aromatic carbocycles. The minimum absolute atomic E-state index is 0.199. The van der Waals surface area contributed by atoms with Crippen molar-refractivity contribution in [3.05, 3.63) is 0 Å². The largest absolute Gasteiger partial charge is 0.465 e. The summed E-state index contributed by atoms with van der Waals surface area (Å²) in [5.41, 5.74) is 0. The molecule has 0 rings (SSSR count). The van der Waals surface area contributed by atoms with Gasteiger partial charge in [-0.05, 0) is 19.6 Å². The normalized spacial score (nSPS) is 16.6. The average molecular weight is 250 g/mol. The molecule has 0 amide bonds. The summed E-state index contributed by atoms with van der Waals surface area (Å²) in [6.07, 6.45) is 0. The number of carbonyl (C=O) groups excluding carboxylic acids is 2. The van der Waals surface area contributed by atoms with Crippen molar-refractivity contribution in [2.45, 2.75) is 37.7 Å². The first kappa shape index (κ1) is 14.8. The summed E-state index contributed by atoms with van der Waals surface area (Å²) >= 11 is 5.53. The average Bonchev–Trinajstić information content (AvgIpc) is 2.13. The molecule has 0 bridgehead atoms. The van der Waals surface area contributed by atoms with Gasteiger partial charge >= 0.3 is 5.97 Å². The Bertz CT molecular complexity index is 241. The van der Waals surface area contributed by atoms with Crippen LogP contribution in [0.25, 0.3) is 0 Å². The van der Waals surface area contributed by atoms with Gasteiger partial charge in [0.25, 0.3) is 0 Å². The highest BCUT2D eigenvalue weighted by molar-refractivity contribution is 8.03. The second kappa shape index (κ2) is 6.43. The lowest BCUT2D eigenvalue weighted by molar-refractivity contribution is -0.148. The van der Waals surface area contributed by atoms with Gasteiger partial charge in [0.2, 0.25) is 0 Å². The number of ketones is 1. The van der Waals surface area contributed by atoms with Crippen molar-refractivity contribution in [3.63, 3.8) is 0 Å². The van der Waals surface area contributed by atoms with Crippen molar-refractivity contribution in [3.8, 4) is 0 Å². The monoisotopic (exact) mass is 250 g/mol. The van der Waals surface area contributed by atoms with Gasteiger partial charge in [-0.1, -0.05) is 13.8 Å². The molecule has 2 atom stereocenters. The molecule has 0 aliphatic carbocycles. The molecule has 0 aliphatic rings. The highest BCUT2D eigenvalue weighted by Crippen LogP contribution is 2.34. The lowest BCUT2D eigenvalue weighted by atomic mass is 10.0. The van der Waals surface area contributed by atoms with E-state index in [4.69, 9.17) is 4.74 Å². The standard InChI is InChI=1S/C10H18O3S2/c1-5-13-9(12)10(7(3)11,8(4)14)15-6-2/h8,14H,5-6H2,1-4H3. The fraction of sp³-hybridized carbons (Fsp3) is 0.800. The molecule has 0 saturated carbocycles. The van der Waals surface area contributed by atoms with E-state index < -0.39 is 10.7 Å². The van der Waals surface area contributed by atoms with Crippen LogP contribution in [0.2, 0.25) is 0 Å². The second-order valence-corrected chi connectivity index (χ2v) is 5.41. The summed E-state index contributed by atoms with van der Waals surface area (Å²) < 4.78 is 3.79. The molecule has 0 spiro atoms. The molecule has 0 aromatic heterocycles. The van der Waals surface area contributed by atoms with Crippen LogP contribution in [0.15, 0.2) is 0 Å². The summed E-state index contributed by atoms with van der Waals surface area (Å²) in [7, 11) is 0. The zero-order valence-electron chi connectivity index (χ0n) is 9.57. The maximum atomic E-state index is 11.8. The van der Waals surface area contributed by atoms with Gasteiger partial charge in [0.05, 0.1) is 6.61 Å². The van der Waals surface area contributed by atoms with Crippen LogP contribution < -0.4 is 0 Å². The molecule has 0 saturated heterocycles. The van der Waals surface area contributed by atoms with Crippen LogP contribution in [0.5, 0.6) is 0 Å². The quantitative estimate of drug-likeness (QED) is 0.444. The van der Waals surface area contributed by atoms with Crippen LogP contribution in [0.4, 0.5) is 0 Å². The number of rotatable bonds is 6. The van der Waals surface area contributed by atoms with Crippen LogP contribution in [-0.4, -0.2) is 34.1 Å². The first-order valence-corrected chi connectivity index (χ1v) is 6.43. The predicted octanol–water partition coefficient (Wildman–Crippen LogP) is 1.95. The van der Waals surface area contributed by atoms with E-state index in [1.807, 2.05) is 6.92 Å². The molecule has 88 valence electrons. The summed E-state index contributed by atoms with van der Waals surface area (Å²) in [4.78, 5) is 23.5. The van der Waals surface area contributed by atoms with E-state index >= 15 is 0 Å². The Balaban J connectivity index is 5.11. The number of esters is 1. The summed E-state index contributed by atoms with van der Waals surface area (Å²) in [5.74, 6) is -0.00863. The lowest BCUT2D eigenvalue weighted by Crippen LogP contribution is -2.50. The van der Waals surface area contributed by atoms with Crippen LogP contribution in [-0.2, 0) is 14.3 Å². The van der Waals surface area contributed by atoms with Crippen molar-refractivity contribution in [2.24, 2.45) is 0 Å². The number of thiol groups is 1. The first-order chi connectivity index (χ1) is 6.93. The van der Waals surface area contributed by atoms with Gasteiger partial charge in [-0.2, -0.15) is 12.6 Å². The van der Waals surface area contributed by atoms with Crippen LogP contribution in [0, 0.1) is 0 Å². The highest BCUT2D eigenvalue weighted by Gasteiger charge is 2.48. The van der Waals surface area contributed by atoms with E-state index in [-0.39, 0.29) is 17.6 Å². The molecule has 0 fully saturated rings. The van der Waals surface area contributed by atoms with Crippen LogP contribution in [0.1, 0.15) is 27.7 Å². The third kappa shape index (κ3) is 3.14. The minimum atomic E-state index is -1.16. The number of thioether (sulfide) groups is 1. The number of Topliss-reactive ketones (excluding diaryl/α,β-unsaturated/α-hetero) is 1. The number of carbonyl (C=O) groups is 2. The van der Waals surface area contributed by atoms with Gasteiger partial charge in [-0.3, -0.25) is 9.59 Å². The summed E-state index contributed by atoms with van der Waals surface area (Å²) in [6, 6.07) is 0. The third-order valence-corrected chi connectivity index (χ3v) is 4.18. The van der Waals surface area contributed by atoms with Crippen LogP contribution >= 0.6 is 24.4 Å². The van der Waals surface area contributed by atoms with Gasteiger partial charge in [0.15, 0.2) is 10.5 Å². The van der Waals surface area contributed by atoms with Gasteiger partial charge in [-0.15, -0.1) is 11.8 Å². The maximum absolute atomic E-state index is 11.8. The van der Waals surface area contributed by atoms with Crippen molar-refractivity contribution in [2.75, 3.05) is 12.4 Å². The summed E-state index contributed by atoms with van der Waals surface area (Å²) in [6.45, 7) is 7.05. The van der Waals surface area contributed by atoms with E-state index in [9.17, 15) is 9.59 Å². The van der Waals surface area contributed by atoms with Crippen molar-refractivity contribution >= 4 is 36.1 Å². The molecule has 0 N–H and O–H groups in total. The topological polar surface area (TPSA) is 43.4 Å². The molecule has 2 unspecified atom stereocenters. The van der Waals surface area contributed by atoms with Gasteiger partial charge < -0.3 is 4.74 Å². The number of hydrogen-bond acceptors (Lipinski definition) is 5. The molecule has 0 aliphatic heterocycles. The predicted molar refractivity (Wildman–Crippen MR) is 66.6 cm³/mol. The highest BCUT2D eigenvalue weighted by atomic mass is 32.2. The van der Waals surface area contributed by atoms with Crippen molar-refractivity contribution in [1.29, 1.82) is 0 Å². The smallest absolute Gasteiger partial charge is 0.331 e. The first-order valence-electron chi connectivity index (χ1n) is 4.93. The van der Waals surface area contributed by atoms with Crippen molar-refractivity contribution in [1.82, 2.24) is 0 Å². The zero-order chi connectivity index (χ0) is 12.1. The Morgan fingerprint density at radius 2 is 2.00 bits per heavy atom. The fourth-order valence-corrected chi connectivity index (χ4v) is 2.94. The Kier molecular flexibility index (Phi) is 6.36. The van der Waals surface area contributed by atoms with Gasteiger partial charge in [-0.25, -0.2) is 0 Å². The van der Waals surface area contributed by atoms with E-state index in [2.05, 4.69) is 12.6 Å². The SMILES string of the molecule is CCOC(=O)C(SCC)(C(C)=O)C(C)S. The van der Waals surface area contributed by atoms with E-state index in [1.54, 1.807) is 13.8 Å². The summed E-state index contributed by atoms with van der Waals surface area (Å²) in [5, 5.41) is -0.362. The molecule has 5 heteroatoms. The number of hydrogen-bond donors (Lipinski definition) is 1. The van der Waals surface area contributed by atoms with Gasteiger partial charge in [0.1, 0.15) is 0 Å². The molecule has 15 heavy (non-hydrogen) atoms. The Labute approximate surface area is 101 Å². The maximum Gasteiger partial charge on any atom is 0.331 e. The zero-order valence-corrected chi connectivity index (χ0v) is 11.3. The number of ether oxygens (including phenoxy) is 1. The second-order valence-electron chi connectivity index (χ2n) is 3.12. The van der Waals surface area contributed by atoms with Crippen LogP contribution in [0.3, 0.4) is 0 Å². The van der Waals surface area contributed by atoms with E-state index in [1.165, 1.54) is 18.7 Å².